The third-order valence-electron chi connectivity index (χ3n) is 3.83. The molecule has 1 aliphatic rings. The summed E-state index contributed by atoms with van der Waals surface area (Å²) in [6, 6.07) is 5.75. The van der Waals surface area contributed by atoms with Gasteiger partial charge in [-0.15, -0.1) is 0 Å². The van der Waals surface area contributed by atoms with E-state index in [2.05, 4.69) is 0 Å². The van der Waals surface area contributed by atoms with Gasteiger partial charge >= 0.3 is 0 Å². The van der Waals surface area contributed by atoms with E-state index in [0.29, 0.717) is 10.8 Å². The number of hydrogen-bond donors (Lipinski definition) is 1. The summed E-state index contributed by atoms with van der Waals surface area (Å²) in [4.78, 5) is 14.2. The fraction of sp³-hybridized carbons (Fsp3) is 0.562. The summed E-state index contributed by atoms with van der Waals surface area (Å²) in [6.07, 6.45) is 3.62. The number of likely N-dealkylation sites (tertiary alicyclic amines) is 1. The van der Waals surface area contributed by atoms with Crippen LogP contribution in [0.1, 0.15) is 31.2 Å². The van der Waals surface area contributed by atoms with E-state index in [9.17, 15) is 4.79 Å². The fourth-order valence-electron chi connectivity index (χ4n) is 2.73. The molecule has 1 fully saturated rings. The molecule has 0 aliphatic carbocycles. The zero-order valence-corrected chi connectivity index (χ0v) is 13.1. The average molecular weight is 312 g/mol. The molecule has 0 bridgehead atoms. The predicted molar refractivity (Wildman–Crippen MR) is 82.7 cm³/mol. The van der Waals surface area contributed by atoms with Gasteiger partial charge in [-0.2, -0.15) is 0 Å². The van der Waals surface area contributed by atoms with E-state index in [-0.39, 0.29) is 25.2 Å². The third-order valence-corrected chi connectivity index (χ3v) is 4.14. The number of aryl methyl sites for hydroxylation is 1. The Morgan fingerprint density at radius 3 is 3.10 bits per heavy atom. The van der Waals surface area contributed by atoms with Crippen molar-refractivity contribution in [1.29, 1.82) is 0 Å². The number of rotatable bonds is 6. The predicted octanol–water partition coefficient (Wildman–Crippen LogP) is 2.79. The second-order valence-electron chi connectivity index (χ2n) is 5.47. The van der Waals surface area contributed by atoms with E-state index in [0.717, 1.165) is 37.8 Å². The van der Waals surface area contributed by atoms with Crippen molar-refractivity contribution >= 4 is 17.5 Å². The average Bonchev–Trinajstić information content (AvgIpc) is 2.94. The Kier molecular flexibility index (Phi) is 5.88. The molecule has 1 atom stereocenters. The molecular formula is C16H22ClNO3. The van der Waals surface area contributed by atoms with Crippen molar-refractivity contribution in [3.8, 4) is 5.75 Å². The highest BCUT2D eigenvalue weighted by Crippen LogP contribution is 2.26. The molecule has 0 spiro atoms. The molecule has 1 aliphatic heterocycles. The molecule has 1 N–H and O–H groups in total. The summed E-state index contributed by atoms with van der Waals surface area (Å²) >= 11 is 6.06. The number of hydrogen-bond acceptors (Lipinski definition) is 3. The molecule has 2 rings (SSSR count). The lowest BCUT2D eigenvalue weighted by atomic mass is 10.1. The van der Waals surface area contributed by atoms with Gasteiger partial charge in [-0.3, -0.25) is 4.79 Å². The standard InChI is InChI=1S/C16H22ClNO3/c1-12-6-7-14(17)15(10-12)21-11-16(20)18-8-2-4-13(18)5-3-9-19/h6-7,10,13,19H,2-5,8-9,11H2,1H3. The van der Waals surface area contributed by atoms with E-state index in [1.807, 2.05) is 24.0 Å². The largest absolute Gasteiger partial charge is 0.482 e. The van der Waals surface area contributed by atoms with Crippen LogP contribution in [0.5, 0.6) is 5.75 Å². The monoisotopic (exact) mass is 311 g/mol. The highest BCUT2D eigenvalue weighted by atomic mass is 35.5. The van der Waals surface area contributed by atoms with Gasteiger partial charge < -0.3 is 14.7 Å². The third kappa shape index (κ3) is 4.35. The Hall–Kier alpha value is -1.26. The van der Waals surface area contributed by atoms with Gasteiger partial charge in [-0.25, -0.2) is 0 Å². The van der Waals surface area contributed by atoms with Crippen LogP contribution >= 0.6 is 11.6 Å². The van der Waals surface area contributed by atoms with Gasteiger partial charge in [0.2, 0.25) is 0 Å². The number of carbonyl (C=O) groups is 1. The molecule has 0 radical (unpaired) electrons. The van der Waals surface area contributed by atoms with Crippen molar-refractivity contribution in [2.45, 2.75) is 38.6 Å². The van der Waals surface area contributed by atoms with Crippen molar-refractivity contribution in [3.05, 3.63) is 28.8 Å². The van der Waals surface area contributed by atoms with Gasteiger partial charge in [0.15, 0.2) is 6.61 Å². The summed E-state index contributed by atoms with van der Waals surface area (Å²) in [5.74, 6) is 0.545. The van der Waals surface area contributed by atoms with E-state index in [1.54, 1.807) is 6.07 Å². The minimum atomic E-state index is -0.00647. The number of benzene rings is 1. The normalized spacial score (nSPS) is 18.0. The number of carbonyl (C=O) groups excluding carboxylic acids is 1. The highest BCUT2D eigenvalue weighted by Gasteiger charge is 2.28. The number of nitrogens with zero attached hydrogens (tertiary/aromatic N) is 1. The lowest BCUT2D eigenvalue weighted by Gasteiger charge is -2.24. The number of halogens is 1. The van der Waals surface area contributed by atoms with Crippen molar-refractivity contribution in [2.75, 3.05) is 19.8 Å². The first-order chi connectivity index (χ1) is 10.1. The Bertz CT molecular complexity index is 492. The zero-order chi connectivity index (χ0) is 15.2. The Labute approximate surface area is 130 Å². The van der Waals surface area contributed by atoms with Crippen LogP contribution in [-0.2, 0) is 4.79 Å². The molecule has 1 aromatic carbocycles. The maximum absolute atomic E-state index is 12.3. The molecule has 0 saturated carbocycles. The first kappa shape index (κ1) is 16.1. The second-order valence-corrected chi connectivity index (χ2v) is 5.88. The van der Waals surface area contributed by atoms with Crippen molar-refractivity contribution in [1.82, 2.24) is 4.90 Å². The first-order valence-electron chi connectivity index (χ1n) is 7.41. The summed E-state index contributed by atoms with van der Waals surface area (Å²) in [6.45, 7) is 2.92. The summed E-state index contributed by atoms with van der Waals surface area (Å²) in [5, 5.41) is 9.44. The van der Waals surface area contributed by atoms with Crippen LogP contribution in [0, 0.1) is 6.92 Å². The van der Waals surface area contributed by atoms with Gasteiger partial charge in [0.1, 0.15) is 5.75 Å². The van der Waals surface area contributed by atoms with E-state index in [1.165, 1.54) is 0 Å². The van der Waals surface area contributed by atoms with Crippen molar-refractivity contribution in [3.63, 3.8) is 0 Å². The van der Waals surface area contributed by atoms with Gasteiger partial charge in [0.05, 0.1) is 5.02 Å². The Morgan fingerprint density at radius 2 is 2.33 bits per heavy atom. The lowest BCUT2D eigenvalue weighted by Crippen LogP contribution is -2.38. The number of aliphatic hydroxyl groups excluding tert-OH is 1. The van der Waals surface area contributed by atoms with Crippen LogP contribution in [0.25, 0.3) is 0 Å². The van der Waals surface area contributed by atoms with Crippen LogP contribution in [-0.4, -0.2) is 41.7 Å². The minimum absolute atomic E-state index is 0.00647. The SMILES string of the molecule is Cc1ccc(Cl)c(OCC(=O)N2CCCC2CCCO)c1. The van der Waals surface area contributed by atoms with Crippen LogP contribution < -0.4 is 4.74 Å². The van der Waals surface area contributed by atoms with Crippen molar-refractivity contribution < 1.29 is 14.6 Å². The molecule has 116 valence electrons. The molecule has 1 saturated heterocycles. The molecule has 1 amide bonds. The topological polar surface area (TPSA) is 49.8 Å². The molecule has 21 heavy (non-hydrogen) atoms. The van der Waals surface area contributed by atoms with Crippen LogP contribution in [0.4, 0.5) is 0 Å². The maximum Gasteiger partial charge on any atom is 0.260 e. The molecule has 4 nitrogen and oxygen atoms in total. The second kappa shape index (κ2) is 7.66. The van der Waals surface area contributed by atoms with E-state index >= 15 is 0 Å². The lowest BCUT2D eigenvalue weighted by molar-refractivity contribution is -0.134. The fourth-order valence-corrected chi connectivity index (χ4v) is 2.91. The Balaban J connectivity index is 1.90. The molecule has 0 aromatic heterocycles. The highest BCUT2D eigenvalue weighted by molar-refractivity contribution is 6.32. The van der Waals surface area contributed by atoms with E-state index < -0.39 is 0 Å². The van der Waals surface area contributed by atoms with Crippen LogP contribution in [0.3, 0.4) is 0 Å². The van der Waals surface area contributed by atoms with Gasteiger partial charge in [-0.05, 0) is 50.3 Å². The molecule has 1 aromatic rings. The molecule has 1 unspecified atom stereocenters. The summed E-state index contributed by atoms with van der Waals surface area (Å²) < 4.78 is 5.57. The summed E-state index contributed by atoms with van der Waals surface area (Å²) in [7, 11) is 0. The smallest absolute Gasteiger partial charge is 0.260 e. The van der Waals surface area contributed by atoms with Crippen LogP contribution in [0.15, 0.2) is 18.2 Å². The van der Waals surface area contributed by atoms with Crippen LogP contribution in [0.2, 0.25) is 5.02 Å². The van der Waals surface area contributed by atoms with E-state index in [4.69, 9.17) is 21.4 Å². The zero-order valence-electron chi connectivity index (χ0n) is 12.3. The minimum Gasteiger partial charge on any atom is -0.482 e. The molecular weight excluding hydrogens is 290 g/mol. The summed E-state index contributed by atoms with van der Waals surface area (Å²) in [5.41, 5.74) is 1.05. The van der Waals surface area contributed by atoms with Gasteiger partial charge in [-0.1, -0.05) is 17.7 Å². The van der Waals surface area contributed by atoms with Gasteiger partial charge in [0.25, 0.3) is 5.91 Å². The number of amides is 1. The Morgan fingerprint density at radius 1 is 1.52 bits per heavy atom. The first-order valence-corrected chi connectivity index (χ1v) is 7.79. The molecule has 1 heterocycles. The van der Waals surface area contributed by atoms with Crippen molar-refractivity contribution in [2.24, 2.45) is 0 Å². The maximum atomic E-state index is 12.3. The number of ether oxygens (including phenoxy) is 1. The van der Waals surface area contributed by atoms with Gasteiger partial charge in [0, 0.05) is 19.2 Å². The molecule has 5 heteroatoms. The number of aliphatic hydroxyl groups is 1. The quantitative estimate of drug-likeness (QED) is 0.879.